The van der Waals surface area contributed by atoms with Crippen molar-refractivity contribution in [3.05, 3.63) is 54.5 Å². The first-order chi connectivity index (χ1) is 16.3. The lowest BCUT2D eigenvalue weighted by Crippen LogP contribution is -2.43. The maximum atomic E-state index is 12.4. The number of hydrogen-bond acceptors (Lipinski definition) is 10. The normalized spacial score (nSPS) is 28.4. The molecule has 178 valence electrons. The van der Waals surface area contributed by atoms with Crippen LogP contribution in [0.5, 0.6) is 5.75 Å². The molecule has 2 aromatic heterocycles. The van der Waals surface area contributed by atoms with Crippen LogP contribution in [-0.4, -0.2) is 58.6 Å². The molecule has 5 atom stereocenters. The first-order valence-corrected chi connectivity index (χ1v) is 11.8. The van der Waals surface area contributed by atoms with Crippen LogP contribution in [-0.2, 0) is 28.9 Å². The highest BCUT2D eigenvalue weighted by Gasteiger charge is 2.64. The SMILES string of the molecule is CN=C[C@@]1(c2ccc3c(N)ncnn23)O[C@H](CO[P+](=O)Oc2ccccc2)[C@H]2OC(C)(C)O[C@H]21. The third kappa shape index (κ3) is 3.95. The average Bonchev–Trinajstić information content (AvgIpc) is 3.45. The van der Waals surface area contributed by atoms with E-state index in [9.17, 15) is 4.57 Å². The highest BCUT2D eigenvalue weighted by atomic mass is 31.1. The summed E-state index contributed by atoms with van der Waals surface area (Å²) in [5.74, 6) is -0.105. The van der Waals surface area contributed by atoms with Crippen LogP contribution in [0.3, 0.4) is 0 Å². The van der Waals surface area contributed by atoms with E-state index in [2.05, 4.69) is 15.1 Å². The van der Waals surface area contributed by atoms with E-state index in [1.807, 2.05) is 32.0 Å². The molecule has 1 unspecified atom stereocenters. The molecule has 2 saturated heterocycles. The maximum absolute atomic E-state index is 12.4. The van der Waals surface area contributed by atoms with Crippen molar-refractivity contribution in [3.63, 3.8) is 0 Å². The van der Waals surface area contributed by atoms with Gasteiger partial charge in [0.1, 0.15) is 36.8 Å². The first-order valence-electron chi connectivity index (χ1n) is 10.7. The number of aromatic nitrogens is 3. The van der Waals surface area contributed by atoms with Gasteiger partial charge in [0, 0.05) is 17.8 Å². The molecule has 5 rings (SSSR count). The number of benzene rings is 1. The standard InChI is InChI=1S/C22H25N5O6P/c1-21(2)31-18-16(11-29-34(28)33-14-7-5-4-6-8-14)30-22(12-24-3,19(18)32-21)17-10-9-15-20(23)25-13-26-27(15)17/h4-10,12-13,16,18-19H,11H2,1-3H3,(H2,23,25,26)/q+1/t16-,18-,19-,22+/m1/s1. The summed E-state index contributed by atoms with van der Waals surface area (Å²) in [7, 11) is -0.786. The summed E-state index contributed by atoms with van der Waals surface area (Å²) < 4.78 is 44.0. The molecular formula is C22H25N5O6P+. The molecule has 34 heavy (non-hydrogen) atoms. The van der Waals surface area contributed by atoms with E-state index in [0.717, 1.165) is 0 Å². The first kappa shape index (κ1) is 22.8. The zero-order valence-electron chi connectivity index (χ0n) is 18.9. The quantitative estimate of drug-likeness (QED) is 0.395. The third-order valence-electron chi connectivity index (χ3n) is 5.73. The Morgan fingerprint density at radius 2 is 2.00 bits per heavy atom. The number of anilines is 1. The summed E-state index contributed by atoms with van der Waals surface area (Å²) in [5, 5.41) is 4.36. The minimum atomic E-state index is -2.43. The van der Waals surface area contributed by atoms with Crippen molar-refractivity contribution in [2.45, 2.75) is 43.5 Å². The van der Waals surface area contributed by atoms with E-state index in [1.54, 1.807) is 42.0 Å². The summed E-state index contributed by atoms with van der Waals surface area (Å²) in [6.07, 6.45) is 1.29. The van der Waals surface area contributed by atoms with Crippen LogP contribution in [0.1, 0.15) is 19.5 Å². The Kier molecular flexibility index (Phi) is 5.83. The fourth-order valence-electron chi connectivity index (χ4n) is 4.45. The lowest BCUT2D eigenvalue weighted by Gasteiger charge is -2.31. The van der Waals surface area contributed by atoms with Crippen molar-refractivity contribution in [2.24, 2.45) is 4.99 Å². The zero-order chi connectivity index (χ0) is 23.9. The van der Waals surface area contributed by atoms with E-state index in [1.165, 1.54) is 6.33 Å². The Hall–Kier alpha value is -2.95. The molecule has 2 aliphatic heterocycles. The van der Waals surface area contributed by atoms with Crippen LogP contribution in [0.25, 0.3) is 5.52 Å². The highest BCUT2D eigenvalue weighted by molar-refractivity contribution is 7.33. The van der Waals surface area contributed by atoms with Gasteiger partial charge in [0.25, 0.3) is 0 Å². The summed E-state index contributed by atoms with van der Waals surface area (Å²) in [5.41, 5.74) is 6.14. The van der Waals surface area contributed by atoms with Gasteiger partial charge in [-0.25, -0.2) is 14.0 Å². The predicted octanol–water partition coefficient (Wildman–Crippen LogP) is 2.88. The molecule has 0 bridgehead atoms. The molecule has 0 aliphatic carbocycles. The Balaban J connectivity index is 1.46. The van der Waals surface area contributed by atoms with Crippen LogP contribution in [0.4, 0.5) is 5.82 Å². The van der Waals surface area contributed by atoms with Crippen molar-refractivity contribution in [1.82, 2.24) is 14.6 Å². The van der Waals surface area contributed by atoms with Crippen molar-refractivity contribution < 1.29 is 27.8 Å². The number of fused-ring (bicyclic) bond motifs is 2. The van der Waals surface area contributed by atoms with Gasteiger partial charge in [-0.2, -0.15) is 5.10 Å². The smallest absolute Gasteiger partial charge is 0.382 e. The molecule has 0 saturated carbocycles. The maximum Gasteiger partial charge on any atom is 0.750 e. The molecule has 2 N–H and O–H groups in total. The topological polar surface area (TPSA) is 132 Å². The molecule has 2 fully saturated rings. The van der Waals surface area contributed by atoms with E-state index < -0.39 is 38.0 Å². The van der Waals surface area contributed by atoms with Gasteiger partial charge in [-0.1, -0.05) is 18.2 Å². The van der Waals surface area contributed by atoms with Gasteiger partial charge in [0.15, 0.2) is 23.0 Å². The molecule has 11 nitrogen and oxygen atoms in total. The van der Waals surface area contributed by atoms with Gasteiger partial charge in [0.05, 0.1) is 5.69 Å². The number of rotatable bonds is 7. The number of hydrogen-bond donors (Lipinski definition) is 1. The lowest BCUT2D eigenvalue weighted by atomic mass is 9.92. The Labute approximate surface area is 196 Å². The molecule has 4 heterocycles. The van der Waals surface area contributed by atoms with Crippen molar-refractivity contribution >= 4 is 25.8 Å². The van der Waals surface area contributed by atoms with Crippen molar-refractivity contribution in [1.29, 1.82) is 0 Å². The molecule has 3 aromatic rings. The average molecular weight is 486 g/mol. The second-order valence-corrected chi connectivity index (χ2v) is 9.33. The van der Waals surface area contributed by atoms with Gasteiger partial charge in [-0.05, 0) is 38.1 Å². The lowest BCUT2D eigenvalue weighted by molar-refractivity contribution is -0.200. The van der Waals surface area contributed by atoms with Gasteiger partial charge in [-0.15, -0.1) is 4.52 Å². The molecule has 0 spiro atoms. The summed E-state index contributed by atoms with van der Waals surface area (Å²) >= 11 is 0. The third-order valence-corrected chi connectivity index (χ3v) is 6.45. The largest absolute Gasteiger partial charge is 0.750 e. The Morgan fingerprint density at radius 1 is 1.21 bits per heavy atom. The van der Waals surface area contributed by atoms with Crippen molar-refractivity contribution in [2.75, 3.05) is 19.4 Å². The second-order valence-electron chi connectivity index (χ2n) is 8.44. The highest BCUT2D eigenvalue weighted by Crippen LogP contribution is 2.49. The van der Waals surface area contributed by atoms with Gasteiger partial charge >= 0.3 is 8.25 Å². The number of para-hydroxylation sites is 1. The van der Waals surface area contributed by atoms with Gasteiger partial charge in [-0.3, -0.25) is 4.99 Å². The number of ether oxygens (including phenoxy) is 3. The second kappa shape index (κ2) is 8.68. The van der Waals surface area contributed by atoms with Crippen LogP contribution in [0.2, 0.25) is 0 Å². The monoisotopic (exact) mass is 486 g/mol. The number of nitrogens with two attached hydrogens (primary N) is 1. The van der Waals surface area contributed by atoms with Crippen LogP contribution in [0, 0.1) is 0 Å². The van der Waals surface area contributed by atoms with E-state index >= 15 is 0 Å². The molecule has 1 aromatic carbocycles. The minimum absolute atomic E-state index is 0.0532. The number of nitrogen functional groups attached to an aromatic ring is 1. The van der Waals surface area contributed by atoms with Gasteiger partial charge < -0.3 is 19.9 Å². The molecule has 0 radical (unpaired) electrons. The zero-order valence-corrected chi connectivity index (χ0v) is 19.8. The fourth-order valence-corrected chi connectivity index (χ4v) is 5.07. The predicted molar refractivity (Wildman–Crippen MR) is 123 cm³/mol. The number of aliphatic imine (C=N–C) groups is 1. The van der Waals surface area contributed by atoms with Crippen LogP contribution in [0.15, 0.2) is 53.8 Å². The van der Waals surface area contributed by atoms with Crippen LogP contribution < -0.4 is 10.3 Å². The van der Waals surface area contributed by atoms with Crippen LogP contribution >= 0.6 is 8.25 Å². The van der Waals surface area contributed by atoms with Crippen molar-refractivity contribution in [3.8, 4) is 5.75 Å². The molecule has 0 amide bonds. The van der Waals surface area contributed by atoms with E-state index in [4.69, 9.17) is 29.0 Å². The summed E-state index contributed by atoms with van der Waals surface area (Å²) in [6, 6.07) is 12.5. The Morgan fingerprint density at radius 3 is 2.76 bits per heavy atom. The Bertz CT molecular complexity index is 1240. The van der Waals surface area contributed by atoms with E-state index in [-0.39, 0.29) is 6.61 Å². The summed E-state index contributed by atoms with van der Waals surface area (Å²) in [6.45, 7) is 3.60. The minimum Gasteiger partial charge on any atom is -0.382 e. The fraction of sp³-hybridized carbons (Fsp3) is 0.409. The summed E-state index contributed by atoms with van der Waals surface area (Å²) in [4.78, 5) is 8.32. The molecular weight excluding hydrogens is 461 g/mol. The molecule has 2 aliphatic rings. The van der Waals surface area contributed by atoms with E-state index in [0.29, 0.717) is 22.8 Å². The van der Waals surface area contributed by atoms with Gasteiger partial charge in [0.2, 0.25) is 0 Å². The number of nitrogens with zero attached hydrogens (tertiary/aromatic N) is 4. The molecule has 12 heteroatoms.